The lowest BCUT2D eigenvalue weighted by atomic mass is 9.72. The average molecular weight is 481 g/mol. The molecule has 3 rings (SSSR count). The van der Waals surface area contributed by atoms with Crippen LogP contribution < -0.4 is 0 Å². The lowest BCUT2D eigenvalue weighted by Crippen LogP contribution is -2.58. The normalized spacial score (nSPS) is 35.8. The summed E-state index contributed by atoms with van der Waals surface area (Å²) in [5, 5.41) is 0.202. The Morgan fingerprint density at radius 2 is 1.47 bits per heavy atom. The van der Waals surface area contributed by atoms with Crippen LogP contribution in [-0.2, 0) is 13.6 Å². The minimum absolute atomic E-state index is 0.117. The maximum absolute atomic E-state index is 7.41. The molecule has 5 atom stereocenters. The summed E-state index contributed by atoms with van der Waals surface area (Å²) in [6.45, 7) is 28.4. The third-order valence-electron chi connectivity index (χ3n) is 9.66. The smallest absolute Gasteiger partial charge is 0.200 e. The van der Waals surface area contributed by atoms with E-state index in [1.54, 1.807) is 0 Å². The van der Waals surface area contributed by atoms with Crippen molar-refractivity contribution < 1.29 is 13.6 Å². The average Bonchev–Trinajstić information content (AvgIpc) is 2.85. The van der Waals surface area contributed by atoms with Crippen molar-refractivity contribution in [1.29, 1.82) is 0 Å². The van der Waals surface area contributed by atoms with Crippen LogP contribution in [0, 0.1) is 5.92 Å². The van der Waals surface area contributed by atoms with Gasteiger partial charge in [0.1, 0.15) is 11.2 Å². The van der Waals surface area contributed by atoms with Crippen molar-refractivity contribution in [2.75, 3.05) is 0 Å². The summed E-state index contributed by atoms with van der Waals surface area (Å²) in [7, 11) is -3.90. The summed E-state index contributed by atoms with van der Waals surface area (Å²) in [6.07, 6.45) is 9.63. The predicted octanol–water partition coefficient (Wildman–Crippen LogP) is 8.23. The van der Waals surface area contributed by atoms with Crippen LogP contribution in [0.3, 0.4) is 0 Å². The number of hydrogen-bond donors (Lipinski definition) is 0. The van der Waals surface area contributed by atoms with Gasteiger partial charge < -0.3 is 13.6 Å². The van der Waals surface area contributed by atoms with E-state index in [0.29, 0.717) is 22.5 Å². The summed E-state index contributed by atoms with van der Waals surface area (Å²) >= 11 is 0. The fourth-order valence-electron chi connectivity index (χ4n) is 6.90. The molecule has 1 saturated carbocycles. The number of rotatable bonds is 7. The highest BCUT2D eigenvalue weighted by molar-refractivity contribution is 6.77. The predicted molar refractivity (Wildman–Crippen MR) is 141 cm³/mol. The van der Waals surface area contributed by atoms with Gasteiger partial charge in [-0.1, -0.05) is 80.9 Å². The van der Waals surface area contributed by atoms with Gasteiger partial charge in [-0.2, -0.15) is 0 Å². The fraction of sp³-hybridized carbons (Fsp3) is 0.926. The topological polar surface area (TPSA) is 27.7 Å². The lowest BCUT2D eigenvalue weighted by Gasteiger charge is -2.52. The van der Waals surface area contributed by atoms with Gasteiger partial charge in [0.05, 0.1) is 12.2 Å². The monoisotopic (exact) mass is 480 g/mol. The van der Waals surface area contributed by atoms with Crippen LogP contribution in [-0.4, -0.2) is 40.0 Å². The number of fused-ring (bicyclic) bond motifs is 1. The van der Waals surface area contributed by atoms with Gasteiger partial charge in [-0.3, -0.25) is 0 Å². The van der Waals surface area contributed by atoms with Gasteiger partial charge in [0.2, 0.25) is 8.32 Å². The van der Waals surface area contributed by atoms with Gasteiger partial charge in [-0.25, -0.2) is 0 Å². The molecule has 1 aliphatic carbocycles. The molecule has 0 aromatic rings. The van der Waals surface area contributed by atoms with E-state index in [9.17, 15) is 0 Å². The van der Waals surface area contributed by atoms with E-state index in [0.717, 1.165) is 12.8 Å². The van der Waals surface area contributed by atoms with Gasteiger partial charge in [-0.15, -0.1) is 0 Å². The highest BCUT2D eigenvalue weighted by Gasteiger charge is 2.65. The van der Waals surface area contributed by atoms with Crippen molar-refractivity contribution in [3.05, 3.63) is 12.2 Å². The molecule has 0 amide bonds. The molecule has 3 aliphatic rings. The third kappa shape index (κ3) is 4.16. The highest BCUT2D eigenvalue weighted by Crippen LogP contribution is 2.58. The van der Waals surface area contributed by atoms with E-state index in [2.05, 4.69) is 94.5 Å². The van der Waals surface area contributed by atoms with E-state index in [4.69, 9.17) is 13.6 Å². The molecule has 0 aromatic heterocycles. The third-order valence-corrected chi connectivity index (χ3v) is 20.3. The molecule has 2 aliphatic heterocycles. The first kappa shape index (κ1) is 26.7. The summed E-state index contributed by atoms with van der Waals surface area (Å²) in [6, 6.07) is 0. The van der Waals surface area contributed by atoms with Crippen LogP contribution in [0.1, 0.15) is 94.9 Å². The zero-order valence-electron chi connectivity index (χ0n) is 23.2. The second kappa shape index (κ2) is 8.62. The molecule has 5 heteroatoms. The molecule has 186 valence electrons. The van der Waals surface area contributed by atoms with Gasteiger partial charge in [0.25, 0.3) is 0 Å². The minimum Gasteiger partial charge on any atom is -0.411 e. The largest absolute Gasteiger partial charge is 0.411 e. The molecule has 1 spiro atoms. The van der Waals surface area contributed by atoms with E-state index < -0.39 is 16.6 Å². The number of ether oxygens (including phenoxy) is 1. The first-order chi connectivity index (χ1) is 14.5. The van der Waals surface area contributed by atoms with E-state index in [1.807, 2.05) is 0 Å². The summed E-state index contributed by atoms with van der Waals surface area (Å²) in [5.41, 5.74) is 1.16. The van der Waals surface area contributed by atoms with Crippen molar-refractivity contribution in [1.82, 2.24) is 0 Å². The Bertz CT molecular complexity index is 686. The molecule has 2 heterocycles. The van der Waals surface area contributed by atoms with Crippen LogP contribution in [0.4, 0.5) is 0 Å². The second-order valence-electron chi connectivity index (χ2n) is 13.6. The molecule has 1 saturated heterocycles. The van der Waals surface area contributed by atoms with Crippen LogP contribution >= 0.6 is 0 Å². The summed E-state index contributed by atoms with van der Waals surface area (Å²) in [4.78, 5) is 0. The quantitative estimate of drug-likeness (QED) is 0.271. The second-order valence-corrected chi connectivity index (χ2v) is 23.8. The molecule has 0 radical (unpaired) electrons. The molecule has 2 bridgehead atoms. The van der Waals surface area contributed by atoms with Crippen molar-refractivity contribution in [2.24, 2.45) is 5.92 Å². The van der Waals surface area contributed by atoms with Gasteiger partial charge in [-0.05, 0) is 54.5 Å². The van der Waals surface area contributed by atoms with Crippen molar-refractivity contribution in [3.63, 3.8) is 0 Å². The number of hydrogen-bond acceptors (Lipinski definition) is 3. The van der Waals surface area contributed by atoms with E-state index in [-0.39, 0.29) is 28.4 Å². The molecular weight excluding hydrogens is 428 g/mol. The lowest BCUT2D eigenvalue weighted by molar-refractivity contribution is -0.177. The van der Waals surface area contributed by atoms with Crippen LogP contribution in [0.25, 0.3) is 0 Å². The van der Waals surface area contributed by atoms with Gasteiger partial charge >= 0.3 is 0 Å². The fourth-order valence-corrected chi connectivity index (χ4v) is 13.9. The first-order valence-corrected chi connectivity index (χ1v) is 18.3. The Balaban J connectivity index is 1.98. The standard InChI is InChI=1S/C27H52O3Si2/c1-19(2)32(20(3)4,21(5)6)29-24-18-27-22(16-17-26(24,10)30-27)14-13-15-23(27)28-31(11,12)25(7,8)9/h16-17,19-24H,13-15,18H2,1-12H3/t22-,23+,24+,26-,27-/m1/s1. The molecule has 0 aromatic carbocycles. The highest BCUT2D eigenvalue weighted by atomic mass is 28.4. The Morgan fingerprint density at radius 3 is 1.97 bits per heavy atom. The van der Waals surface area contributed by atoms with Gasteiger partial charge in [0, 0.05) is 12.3 Å². The summed E-state index contributed by atoms with van der Waals surface area (Å²) < 4.78 is 21.7. The van der Waals surface area contributed by atoms with Crippen molar-refractivity contribution in [2.45, 2.75) is 153 Å². The molecule has 0 N–H and O–H groups in total. The SMILES string of the molecule is CC(C)[Si](O[C@H]1C[C@@]23O[C@]1(C)C=C[C@H]2CCC[C@@H]3O[Si](C)(C)C(C)(C)C)(C(C)C)C(C)C. The zero-order valence-corrected chi connectivity index (χ0v) is 25.2. The van der Waals surface area contributed by atoms with Crippen LogP contribution in [0.5, 0.6) is 0 Å². The van der Waals surface area contributed by atoms with Crippen molar-refractivity contribution >= 4 is 16.6 Å². The van der Waals surface area contributed by atoms with Crippen LogP contribution in [0.2, 0.25) is 34.8 Å². The molecular formula is C27H52O3Si2. The first-order valence-electron chi connectivity index (χ1n) is 13.3. The maximum atomic E-state index is 7.41. The minimum atomic E-state index is -2.00. The van der Waals surface area contributed by atoms with Crippen molar-refractivity contribution in [3.8, 4) is 0 Å². The van der Waals surface area contributed by atoms with Gasteiger partial charge in [0.15, 0.2) is 8.32 Å². The maximum Gasteiger partial charge on any atom is 0.200 e. The van der Waals surface area contributed by atoms with E-state index >= 15 is 0 Å². The summed E-state index contributed by atoms with van der Waals surface area (Å²) in [5.74, 6) is 0.445. The molecule has 2 fully saturated rings. The molecule has 0 unspecified atom stereocenters. The zero-order chi connectivity index (χ0) is 24.3. The Morgan fingerprint density at radius 1 is 0.906 bits per heavy atom. The molecule has 32 heavy (non-hydrogen) atoms. The Kier molecular flexibility index (Phi) is 7.18. The molecule has 3 nitrogen and oxygen atoms in total. The van der Waals surface area contributed by atoms with Crippen LogP contribution in [0.15, 0.2) is 12.2 Å². The Labute approximate surface area is 201 Å². The van der Waals surface area contributed by atoms with E-state index in [1.165, 1.54) is 12.8 Å². The Hall–Kier alpha value is 0.0538.